The standard InChI is InChI=1S/C12H16ClF2N/c1-12(2,3)16-7-11(15)9-6-8(14)4-5-10(9)13/h4-6,11,16H,7H2,1-3H3. The van der Waals surface area contributed by atoms with Crippen LogP contribution in [0.1, 0.15) is 32.5 Å². The maximum absolute atomic E-state index is 13.8. The van der Waals surface area contributed by atoms with Crippen LogP contribution in [0.15, 0.2) is 18.2 Å². The van der Waals surface area contributed by atoms with Crippen molar-refractivity contribution in [1.82, 2.24) is 5.32 Å². The molecule has 0 saturated heterocycles. The van der Waals surface area contributed by atoms with E-state index in [4.69, 9.17) is 11.6 Å². The van der Waals surface area contributed by atoms with Crippen LogP contribution in [0.3, 0.4) is 0 Å². The largest absolute Gasteiger partial charge is 0.309 e. The van der Waals surface area contributed by atoms with Crippen LogP contribution in [-0.2, 0) is 0 Å². The zero-order valence-electron chi connectivity index (χ0n) is 9.65. The van der Waals surface area contributed by atoms with Crippen molar-refractivity contribution in [2.24, 2.45) is 0 Å². The smallest absolute Gasteiger partial charge is 0.139 e. The minimum absolute atomic E-state index is 0.118. The lowest BCUT2D eigenvalue weighted by Crippen LogP contribution is -2.37. The summed E-state index contributed by atoms with van der Waals surface area (Å²) in [4.78, 5) is 0. The molecule has 4 heteroatoms. The first-order valence-corrected chi connectivity index (χ1v) is 5.51. The molecule has 1 atom stereocenters. The molecule has 0 aliphatic rings. The average molecular weight is 248 g/mol. The summed E-state index contributed by atoms with van der Waals surface area (Å²) in [5.74, 6) is -0.474. The summed E-state index contributed by atoms with van der Waals surface area (Å²) in [5.41, 5.74) is 0.0165. The summed E-state index contributed by atoms with van der Waals surface area (Å²) in [5, 5.41) is 3.26. The Labute approximate surface area is 99.8 Å². The fourth-order valence-corrected chi connectivity index (χ4v) is 1.50. The predicted molar refractivity (Wildman–Crippen MR) is 63.0 cm³/mol. The molecule has 16 heavy (non-hydrogen) atoms. The summed E-state index contributed by atoms with van der Waals surface area (Å²) in [6, 6.07) is 3.73. The highest BCUT2D eigenvalue weighted by atomic mass is 35.5. The number of hydrogen-bond acceptors (Lipinski definition) is 1. The van der Waals surface area contributed by atoms with Crippen LogP contribution in [-0.4, -0.2) is 12.1 Å². The highest BCUT2D eigenvalue weighted by Gasteiger charge is 2.17. The Morgan fingerprint density at radius 1 is 1.38 bits per heavy atom. The highest BCUT2D eigenvalue weighted by molar-refractivity contribution is 6.31. The third-order valence-corrected chi connectivity index (χ3v) is 2.45. The summed E-state index contributed by atoms with van der Waals surface area (Å²) in [7, 11) is 0. The van der Waals surface area contributed by atoms with Crippen LogP contribution >= 0.6 is 11.6 Å². The number of hydrogen-bond donors (Lipinski definition) is 1. The lowest BCUT2D eigenvalue weighted by molar-refractivity contribution is 0.291. The Kier molecular flexibility index (Phi) is 4.28. The molecular weight excluding hydrogens is 232 g/mol. The van der Waals surface area contributed by atoms with Gasteiger partial charge in [-0.2, -0.15) is 0 Å². The maximum atomic E-state index is 13.8. The van der Waals surface area contributed by atoms with Crippen molar-refractivity contribution in [3.05, 3.63) is 34.6 Å². The molecule has 0 fully saturated rings. The van der Waals surface area contributed by atoms with E-state index in [1.165, 1.54) is 12.1 Å². The van der Waals surface area contributed by atoms with Crippen molar-refractivity contribution < 1.29 is 8.78 Å². The van der Waals surface area contributed by atoms with Gasteiger partial charge in [-0.25, -0.2) is 8.78 Å². The van der Waals surface area contributed by atoms with Crippen molar-refractivity contribution in [1.29, 1.82) is 0 Å². The molecule has 0 aliphatic carbocycles. The van der Waals surface area contributed by atoms with Crippen molar-refractivity contribution in [2.45, 2.75) is 32.5 Å². The second-order valence-electron chi connectivity index (χ2n) is 4.76. The molecule has 0 radical (unpaired) electrons. The molecule has 0 amide bonds. The Morgan fingerprint density at radius 3 is 2.56 bits per heavy atom. The van der Waals surface area contributed by atoms with E-state index in [2.05, 4.69) is 5.32 Å². The van der Waals surface area contributed by atoms with E-state index in [9.17, 15) is 8.78 Å². The Bertz CT molecular complexity index is 361. The predicted octanol–water partition coefficient (Wildman–Crippen LogP) is 3.88. The van der Waals surface area contributed by atoms with Gasteiger partial charge in [0.2, 0.25) is 0 Å². The minimum Gasteiger partial charge on any atom is -0.309 e. The maximum Gasteiger partial charge on any atom is 0.139 e. The molecule has 90 valence electrons. The van der Waals surface area contributed by atoms with E-state index >= 15 is 0 Å². The third-order valence-electron chi connectivity index (χ3n) is 2.11. The summed E-state index contributed by atoms with van der Waals surface area (Å²) < 4.78 is 26.7. The number of benzene rings is 1. The number of rotatable bonds is 3. The fraction of sp³-hybridized carbons (Fsp3) is 0.500. The van der Waals surface area contributed by atoms with Gasteiger partial charge in [-0.3, -0.25) is 0 Å². The topological polar surface area (TPSA) is 12.0 Å². The van der Waals surface area contributed by atoms with Crippen LogP contribution in [0.25, 0.3) is 0 Å². The molecule has 1 rings (SSSR count). The van der Waals surface area contributed by atoms with Crippen LogP contribution in [0.5, 0.6) is 0 Å². The minimum atomic E-state index is -1.30. The first-order valence-electron chi connectivity index (χ1n) is 5.13. The van der Waals surface area contributed by atoms with Gasteiger partial charge >= 0.3 is 0 Å². The second kappa shape index (κ2) is 5.11. The molecule has 0 spiro atoms. The lowest BCUT2D eigenvalue weighted by atomic mass is 10.1. The Morgan fingerprint density at radius 2 is 2.00 bits per heavy atom. The molecule has 0 saturated carbocycles. The zero-order chi connectivity index (χ0) is 12.3. The van der Waals surface area contributed by atoms with E-state index in [-0.39, 0.29) is 22.7 Å². The van der Waals surface area contributed by atoms with Gasteiger partial charge in [-0.1, -0.05) is 11.6 Å². The molecule has 1 aromatic rings. The first kappa shape index (κ1) is 13.4. The van der Waals surface area contributed by atoms with Gasteiger partial charge < -0.3 is 5.32 Å². The number of alkyl halides is 1. The van der Waals surface area contributed by atoms with Gasteiger partial charge in [0.25, 0.3) is 0 Å². The van der Waals surface area contributed by atoms with Crippen LogP contribution in [0, 0.1) is 5.82 Å². The van der Waals surface area contributed by atoms with Crippen LogP contribution in [0.2, 0.25) is 5.02 Å². The zero-order valence-corrected chi connectivity index (χ0v) is 10.4. The number of halogens is 3. The van der Waals surface area contributed by atoms with E-state index in [1.807, 2.05) is 20.8 Å². The number of nitrogens with one attached hydrogen (secondary N) is 1. The monoisotopic (exact) mass is 247 g/mol. The quantitative estimate of drug-likeness (QED) is 0.855. The fourth-order valence-electron chi connectivity index (χ4n) is 1.26. The molecule has 0 heterocycles. The van der Waals surface area contributed by atoms with Crippen molar-refractivity contribution in [2.75, 3.05) is 6.54 Å². The molecule has 1 nitrogen and oxygen atoms in total. The lowest BCUT2D eigenvalue weighted by Gasteiger charge is -2.22. The summed E-state index contributed by atoms with van der Waals surface area (Å²) in [6.45, 7) is 5.93. The molecular formula is C12H16ClF2N. The SMILES string of the molecule is CC(C)(C)NCC(F)c1cc(F)ccc1Cl. The van der Waals surface area contributed by atoms with E-state index in [1.54, 1.807) is 0 Å². The van der Waals surface area contributed by atoms with Gasteiger partial charge in [-0.15, -0.1) is 0 Å². The van der Waals surface area contributed by atoms with E-state index < -0.39 is 12.0 Å². The molecule has 0 bridgehead atoms. The van der Waals surface area contributed by atoms with Crippen molar-refractivity contribution >= 4 is 11.6 Å². The van der Waals surface area contributed by atoms with Gasteiger partial charge in [0, 0.05) is 22.7 Å². The molecule has 1 aromatic carbocycles. The Balaban J connectivity index is 2.73. The third kappa shape index (κ3) is 4.06. The van der Waals surface area contributed by atoms with Gasteiger partial charge in [-0.05, 0) is 39.0 Å². The summed E-state index contributed by atoms with van der Waals surface area (Å²) in [6.07, 6.45) is -1.30. The van der Waals surface area contributed by atoms with Gasteiger partial charge in [0.05, 0.1) is 0 Å². The first-order chi connectivity index (χ1) is 7.29. The summed E-state index contributed by atoms with van der Waals surface area (Å²) >= 11 is 5.81. The van der Waals surface area contributed by atoms with Crippen LogP contribution in [0.4, 0.5) is 8.78 Å². The van der Waals surface area contributed by atoms with E-state index in [0.717, 1.165) is 6.07 Å². The average Bonchev–Trinajstić information content (AvgIpc) is 2.17. The van der Waals surface area contributed by atoms with E-state index in [0.29, 0.717) is 0 Å². The molecule has 0 aliphatic heterocycles. The second-order valence-corrected chi connectivity index (χ2v) is 5.17. The molecule has 0 aromatic heterocycles. The van der Waals surface area contributed by atoms with Crippen molar-refractivity contribution in [3.8, 4) is 0 Å². The molecule has 1 unspecified atom stereocenters. The van der Waals surface area contributed by atoms with Crippen molar-refractivity contribution in [3.63, 3.8) is 0 Å². The van der Waals surface area contributed by atoms with Crippen LogP contribution < -0.4 is 5.32 Å². The Hall–Kier alpha value is -0.670. The normalized spacial score (nSPS) is 13.9. The van der Waals surface area contributed by atoms with Gasteiger partial charge in [0.15, 0.2) is 0 Å². The highest BCUT2D eigenvalue weighted by Crippen LogP contribution is 2.26. The van der Waals surface area contributed by atoms with Gasteiger partial charge in [0.1, 0.15) is 12.0 Å². The molecule has 1 N–H and O–H groups in total.